The highest BCUT2D eigenvalue weighted by molar-refractivity contribution is 5.85. The van der Waals surface area contributed by atoms with Gasteiger partial charge in [0.05, 0.1) is 0 Å². The molecule has 2 aromatic rings. The number of benzene rings is 1. The van der Waals surface area contributed by atoms with Crippen molar-refractivity contribution >= 4 is 23.3 Å². The number of rotatable bonds is 4. The average Bonchev–Trinajstić information content (AvgIpc) is 2.66. The van der Waals surface area contributed by atoms with Crippen molar-refractivity contribution in [3.8, 4) is 5.75 Å². The van der Waals surface area contributed by atoms with Gasteiger partial charge in [0.2, 0.25) is 0 Å². The third-order valence-corrected chi connectivity index (χ3v) is 2.80. The molecule has 2 rings (SSSR count). The van der Waals surface area contributed by atoms with Crippen LogP contribution in [0.25, 0.3) is 10.9 Å². The number of fused-ring (bicyclic) bond motifs is 1. The first-order valence-corrected chi connectivity index (χ1v) is 5.85. The van der Waals surface area contributed by atoms with E-state index in [9.17, 15) is 13.2 Å². The van der Waals surface area contributed by atoms with Gasteiger partial charge in [-0.05, 0) is 44.3 Å². The molecule has 0 spiro atoms. The van der Waals surface area contributed by atoms with Gasteiger partial charge in [-0.2, -0.15) is 0 Å². The lowest BCUT2D eigenvalue weighted by Gasteiger charge is -2.10. The van der Waals surface area contributed by atoms with Gasteiger partial charge in [-0.15, -0.1) is 25.6 Å². The number of nitrogens with one attached hydrogen (secondary N) is 1. The third kappa shape index (κ3) is 4.31. The van der Waals surface area contributed by atoms with Crippen molar-refractivity contribution in [2.75, 3.05) is 20.6 Å². The van der Waals surface area contributed by atoms with Crippen LogP contribution in [-0.2, 0) is 6.42 Å². The molecule has 1 aromatic heterocycles. The van der Waals surface area contributed by atoms with Gasteiger partial charge in [0.15, 0.2) is 0 Å². The van der Waals surface area contributed by atoms with Gasteiger partial charge < -0.3 is 14.6 Å². The Labute approximate surface area is 121 Å². The van der Waals surface area contributed by atoms with Gasteiger partial charge in [-0.25, -0.2) is 0 Å². The van der Waals surface area contributed by atoms with E-state index in [0.29, 0.717) is 0 Å². The van der Waals surface area contributed by atoms with Crippen molar-refractivity contribution < 1.29 is 17.9 Å². The van der Waals surface area contributed by atoms with Crippen LogP contribution in [0.3, 0.4) is 0 Å². The zero-order valence-electron chi connectivity index (χ0n) is 11.1. The molecule has 1 N–H and O–H groups in total. The predicted molar refractivity (Wildman–Crippen MR) is 74.5 cm³/mol. The van der Waals surface area contributed by atoms with E-state index in [-0.39, 0.29) is 18.2 Å². The minimum atomic E-state index is -4.66. The number of hydrogen-bond donors (Lipinski definition) is 1. The van der Waals surface area contributed by atoms with Crippen LogP contribution in [0.5, 0.6) is 5.75 Å². The van der Waals surface area contributed by atoms with E-state index < -0.39 is 6.36 Å². The standard InChI is InChI=1S/C13H15F3N2O.ClH/c1-18(2)6-5-9-8-17-12-4-3-10(7-11(9)12)19-13(14,15)16;/h3-4,7-8,17H,5-6H2,1-2H3;1H. The highest BCUT2D eigenvalue weighted by Crippen LogP contribution is 2.28. The maximum absolute atomic E-state index is 12.2. The number of H-pyrrole nitrogens is 1. The summed E-state index contributed by atoms with van der Waals surface area (Å²) in [4.78, 5) is 5.07. The maximum atomic E-state index is 12.2. The molecule has 0 fully saturated rings. The maximum Gasteiger partial charge on any atom is 0.573 e. The smallest absolute Gasteiger partial charge is 0.406 e. The highest BCUT2D eigenvalue weighted by Gasteiger charge is 2.31. The molecule has 0 saturated heterocycles. The monoisotopic (exact) mass is 308 g/mol. The summed E-state index contributed by atoms with van der Waals surface area (Å²) in [7, 11) is 3.90. The SMILES string of the molecule is CN(C)CCc1c[nH]c2ccc(OC(F)(F)F)cc12.Cl. The largest absolute Gasteiger partial charge is 0.573 e. The summed E-state index contributed by atoms with van der Waals surface area (Å²) in [6, 6.07) is 4.32. The van der Waals surface area contributed by atoms with Gasteiger partial charge in [-0.3, -0.25) is 0 Å². The summed E-state index contributed by atoms with van der Waals surface area (Å²) in [5.41, 5.74) is 1.79. The van der Waals surface area contributed by atoms with Gasteiger partial charge in [0.1, 0.15) is 5.75 Å². The average molecular weight is 309 g/mol. The Kier molecular flexibility index (Phi) is 5.30. The second kappa shape index (κ2) is 6.37. The second-order valence-corrected chi connectivity index (χ2v) is 4.62. The lowest BCUT2D eigenvalue weighted by molar-refractivity contribution is -0.274. The number of aromatic amines is 1. The summed E-state index contributed by atoms with van der Waals surface area (Å²) >= 11 is 0. The predicted octanol–water partition coefficient (Wildman–Crippen LogP) is 3.59. The molecule has 0 atom stereocenters. The van der Waals surface area contributed by atoms with Crippen molar-refractivity contribution in [2.24, 2.45) is 0 Å². The molecule has 112 valence electrons. The first-order valence-electron chi connectivity index (χ1n) is 5.85. The van der Waals surface area contributed by atoms with Gasteiger partial charge in [0.25, 0.3) is 0 Å². The van der Waals surface area contributed by atoms with E-state index in [2.05, 4.69) is 9.72 Å². The van der Waals surface area contributed by atoms with Gasteiger partial charge in [0, 0.05) is 23.6 Å². The summed E-state index contributed by atoms with van der Waals surface area (Å²) in [6.07, 6.45) is -2.07. The molecule has 0 bridgehead atoms. The van der Waals surface area contributed by atoms with Crippen molar-refractivity contribution in [1.29, 1.82) is 0 Å². The summed E-state index contributed by atoms with van der Waals surface area (Å²) < 4.78 is 40.5. The number of ether oxygens (including phenoxy) is 1. The van der Waals surface area contributed by atoms with Crippen LogP contribution in [-0.4, -0.2) is 36.9 Å². The van der Waals surface area contributed by atoms with E-state index in [1.165, 1.54) is 12.1 Å². The van der Waals surface area contributed by atoms with Gasteiger partial charge in [-0.1, -0.05) is 0 Å². The topological polar surface area (TPSA) is 28.3 Å². The molecule has 7 heteroatoms. The number of alkyl halides is 3. The Morgan fingerprint density at radius 2 is 1.95 bits per heavy atom. The first-order chi connectivity index (χ1) is 8.85. The van der Waals surface area contributed by atoms with Crippen LogP contribution in [0.4, 0.5) is 13.2 Å². The van der Waals surface area contributed by atoms with E-state index in [1.54, 1.807) is 6.07 Å². The summed E-state index contributed by atoms with van der Waals surface area (Å²) in [6.45, 7) is 0.831. The second-order valence-electron chi connectivity index (χ2n) is 4.62. The van der Waals surface area contributed by atoms with Crippen LogP contribution < -0.4 is 4.74 Å². The van der Waals surface area contributed by atoms with Crippen LogP contribution >= 0.6 is 12.4 Å². The Morgan fingerprint density at radius 1 is 1.25 bits per heavy atom. The normalized spacial score (nSPS) is 11.7. The van der Waals surface area contributed by atoms with Crippen LogP contribution in [0.15, 0.2) is 24.4 Å². The number of halogens is 4. The molecule has 0 aliphatic heterocycles. The van der Waals surface area contributed by atoms with Crippen molar-refractivity contribution in [3.63, 3.8) is 0 Å². The van der Waals surface area contributed by atoms with E-state index >= 15 is 0 Å². The Bertz CT molecular complexity index is 566. The highest BCUT2D eigenvalue weighted by atomic mass is 35.5. The quantitative estimate of drug-likeness (QED) is 0.935. The van der Waals surface area contributed by atoms with Crippen LogP contribution in [0.2, 0.25) is 0 Å². The van der Waals surface area contributed by atoms with Crippen molar-refractivity contribution in [2.45, 2.75) is 12.8 Å². The Morgan fingerprint density at radius 3 is 2.55 bits per heavy atom. The molecular weight excluding hydrogens is 293 g/mol. The Hall–Kier alpha value is -1.40. The van der Waals surface area contributed by atoms with E-state index in [0.717, 1.165) is 29.4 Å². The Balaban J connectivity index is 0.00000200. The fourth-order valence-electron chi connectivity index (χ4n) is 1.91. The molecule has 0 radical (unpaired) electrons. The molecule has 0 amide bonds. The van der Waals surface area contributed by atoms with E-state index in [1.807, 2.05) is 25.2 Å². The first kappa shape index (κ1) is 16.7. The lowest BCUT2D eigenvalue weighted by Crippen LogP contribution is -2.17. The summed E-state index contributed by atoms with van der Waals surface area (Å²) in [5.74, 6) is -0.189. The minimum absolute atomic E-state index is 0. The molecule has 1 heterocycles. The number of hydrogen-bond acceptors (Lipinski definition) is 2. The van der Waals surface area contributed by atoms with E-state index in [4.69, 9.17) is 0 Å². The molecule has 0 saturated carbocycles. The molecule has 3 nitrogen and oxygen atoms in total. The van der Waals surface area contributed by atoms with Gasteiger partial charge >= 0.3 is 6.36 Å². The van der Waals surface area contributed by atoms with Crippen LogP contribution in [0.1, 0.15) is 5.56 Å². The summed E-state index contributed by atoms with van der Waals surface area (Å²) in [5, 5.41) is 0.767. The fraction of sp³-hybridized carbons (Fsp3) is 0.385. The molecular formula is C13H16ClF3N2O. The lowest BCUT2D eigenvalue weighted by atomic mass is 10.1. The molecule has 1 aromatic carbocycles. The zero-order chi connectivity index (χ0) is 14.0. The van der Waals surface area contributed by atoms with Crippen LogP contribution in [0, 0.1) is 0 Å². The molecule has 20 heavy (non-hydrogen) atoms. The molecule has 0 aliphatic carbocycles. The minimum Gasteiger partial charge on any atom is -0.406 e. The van der Waals surface area contributed by atoms with Crippen molar-refractivity contribution in [3.05, 3.63) is 30.0 Å². The number of nitrogens with zero attached hydrogens (tertiary/aromatic N) is 1. The molecule has 0 aliphatic rings. The zero-order valence-corrected chi connectivity index (χ0v) is 11.9. The van der Waals surface area contributed by atoms with Crippen molar-refractivity contribution in [1.82, 2.24) is 9.88 Å². The fourth-order valence-corrected chi connectivity index (χ4v) is 1.91. The molecule has 0 unspecified atom stereocenters. The third-order valence-electron chi connectivity index (χ3n) is 2.80. The number of likely N-dealkylation sites (N-methyl/N-ethyl adjacent to an activating group) is 1. The number of aromatic nitrogens is 1.